The predicted octanol–water partition coefficient (Wildman–Crippen LogP) is 2.38. The van der Waals surface area contributed by atoms with Crippen molar-refractivity contribution >= 4 is 0 Å². The SMILES string of the molecule is N#CC(C#N)C1CCc2ccccc21. The van der Waals surface area contributed by atoms with Gasteiger partial charge in [-0.25, -0.2) is 0 Å². The topological polar surface area (TPSA) is 47.6 Å². The molecule has 0 N–H and O–H groups in total. The van der Waals surface area contributed by atoms with Crippen LogP contribution in [0.3, 0.4) is 0 Å². The zero-order chi connectivity index (χ0) is 9.97. The van der Waals surface area contributed by atoms with Crippen LogP contribution in [0.4, 0.5) is 0 Å². The van der Waals surface area contributed by atoms with E-state index in [0.29, 0.717) is 0 Å². The number of hydrogen-bond acceptors (Lipinski definition) is 2. The highest BCUT2D eigenvalue weighted by atomic mass is 14.4. The second-order valence-corrected chi connectivity index (χ2v) is 3.58. The molecule has 0 aliphatic heterocycles. The zero-order valence-electron chi connectivity index (χ0n) is 7.77. The maximum absolute atomic E-state index is 8.84. The van der Waals surface area contributed by atoms with Gasteiger partial charge in [0.25, 0.3) is 0 Å². The van der Waals surface area contributed by atoms with Crippen LogP contribution < -0.4 is 0 Å². The van der Waals surface area contributed by atoms with Gasteiger partial charge in [-0.3, -0.25) is 0 Å². The molecular weight excluding hydrogens is 172 g/mol. The van der Waals surface area contributed by atoms with Gasteiger partial charge in [-0.05, 0) is 24.0 Å². The molecule has 14 heavy (non-hydrogen) atoms. The smallest absolute Gasteiger partial charge is 0.140 e. The van der Waals surface area contributed by atoms with E-state index in [1.807, 2.05) is 18.2 Å². The van der Waals surface area contributed by atoms with Gasteiger partial charge in [-0.15, -0.1) is 0 Å². The Bertz CT molecular complexity index is 409. The summed E-state index contributed by atoms with van der Waals surface area (Å²) in [7, 11) is 0. The van der Waals surface area contributed by atoms with E-state index in [9.17, 15) is 0 Å². The minimum Gasteiger partial charge on any atom is -0.197 e. The van der Waals surface area contributed by atoms with E-state index in [4.69, 9.17) is 10.5 Å². The highest BCUT2D eigenvalue weighted by Gasteiger charge is 2.29. The van der Waals surface area contributed by atoms with E-state index < -0.39 is 5.92 Å². The first-order chi connectivity index (χ1) is 6.86. The molecule has 0 fully saturated rings. The summed E-state index contributed by atoms with van der Waals surface area (Å²) in [5.41, 5.74) is 2.49. The summed E-state index contributed by atoms with van der Waals surface area (Å²) in [6.07, 6.45) is 1.94. The molecule has 1 aliphatic rings. The van der Waals surface area contributed by atoms with E-state index in [2.05, 4.69) is 18.2 Å². The summed E-state index contributed by atoms with van der Waals surface area (Å²) in [5.74, 6) is -0.361. The normalized spacial score (nSPS) is 18.6. The third-order valence-electron chi connectivity index (χ3n) is 2.86. The number of nitriles is 2. The zero-order valence-corrected chi connectivity index (χ0v) is 7.77. The molecule has 68 valence electrons. The lowest BCUT2D eigenvalue weighted by Gasteiger charge is -2.10. The molecule has 0 saturated carbocycles. The second-order valence-electron chi connectivity index (χ2n) is 3.58. The average molecular weight is 182 g/mol. The van der Waals surface area contributed by atoms with Crippen molar-refractivity contribution in [2.45, 2.75) is 18.8 Å². The Kier molecular flexibility index (Phi) is 2.21. The first-order valence-electron chi connectivity index (χ1n) is 4.74. The quantitative estimate of drug-likeness (QED) is 0.669. The second kappa shape index (κ2) is 3.52. The molecule has 2 rings (SSSR count). The van der Waals surface area contributed by atoms with E-state index in [-0.39, 0.29) is 5.92 Å². The molecular formula is C12H10N2. The monoisotopic (exact) mass is 182 g/mol. The summed E-state index contributed by atoms with van der Waals surface area (Å²) < 4.78 is 0. The maximum atomic E-state index is 8.84. The van der Waals surface area contributed by atoms with Crippen LogP contribution >= 0.6 is 0 Å². The summed E-state index contributed by atoms with van der Waals surface area (Å²) in [6.45, 7) is 0. The van der Waals surface area contributed by atoms with Gasteiger partial charge in [0.1, 0.15) is 5.92 Å². The Hall–Kier alpha value is -1.80. The largest absolute Gasteiger partial charge is 0.197 e. The van der Waals surface area contributed by atoms with Crippen LogP contribution in [0, 0.1) is 28.6 Å². The van der Waals surface area contributed by atoms with Crippen LogP contribution in [0.15, 0.2) is 24.3 Å². The van der Waals surface area contributed by atoms with Gasteiger partial charge in [0.15, 0.2) is 0 Å². The Morgan fingerprint density at radius 1 is 1.21 bits per heavy atom. The molecule has 2 nitrogen and oxygen atoms in total. The minimum absolute atomic E-state index is 0.126. The predicted molar refractivity (Wildman–Crippen MR) is 52.2 cm³/mol. The minimum atomic E-state index is -0.487. The van der Waals surface area contributed by atoms with Crippen molar-refractivity contribution < 1.29 is 0 Å². The van der Waals surface area contributed by atoms with Crippen LogP contribution in [-0.4, -0.2) is 0 Å². The van der Waals surface area contributed by atoms with Crippen molar-refractivity contribution in [3.05, 3.63) is 35.4 Å². The van der Waals surface area contributed by atoms with Gasteiger partial charge < -0.3 is 0 Å². The van der Waals surface area contributed by atoms with Crippen LogP contribution in [0.2, 0.25) is 0 Å². The fourth-order valence-corrected chi connectivity index (χ4v) is 2.15. The van der Waals surface area contributed by atoms with Gasteiger partial charge in [0.05, 0.1) is 12.1 Å². The Morgan fingerprint density at radius 2 is 1.93 bits per heavy atom. The molecule has 0 spiro atoms. The molecule has 0 aromatic heterocycles. The lowest BCUT2D eigenvalue weighted by Crippen LogP contribution is -2.05. The van der Waals surface area contributed by atoms with Gasteiger partial charge in [-0.2, -0.15) is 10.5 Å². The molecule has 1 aliphatic carbocycles. The standard InChI is InChI=1S/C12H10N2/c13-7-10(8-14)12-6-5-9-3-1-2-4-11(9)12/h1-4,10,12H,5-6H2. The molecule has 0 radical (unpaired) electrons. The van der Waals surface area contributed by atoms with Crippen molar-refractivity contribution in [2.75, 3.05) is 0 Å². The third-order valence-corrected chi connectivity index (χ3v) is 2.86. The highest BCUT2D eigenvalue weighted by molar-refractivity contribution is 5.37. The summed E-state index contributed by atoms with van der Waals surface area (Å²) in [6, 6.07) is 12.3. The number of nitrogens with zero attached hydrogens (tertiary/aromatic N) is 2. The van der Waals surface area contributed by atoms with E-state index in [1.165, 1.54) is 11.1 Å². The van der Waals surface area contributed by atoms with Gasteiger partial charge in [-0.1, -0.05) is 24.3 Å². The van der Waals surface area contributed by atoms with E-state index >= 15 is 0 Å². The molecule has 1 atom stereocenters. The number of hydrogen-bond donors (Lipinski definition) is 0. The fourth-order valence-electron chi connectivity index (χ4n) is 2.15. The van der Waals surface area contributed by atoms with E-state index in [1.54, 1.807) is 0 Å². The number of aryl methyl sites for hydroxylation is 1. The number of rotatable bonds is 1. The molecule has 1 aromatic rings. The van der Waals surface area contributed by atoms with Crippen molar-refractivity contribution in [1.29, 1.82) is 10.5 Å². The average Bonchev–Trinajstić information content (AvgIpc) is 2.65. The molecule has 0 saturated heterocycles. The van der Waals surface area contributed by atoms with Crippen LogP contribution in [0.25, 0.3) is 0 Å². The molecule has 2 heteroatoms. The van der Waals surface area contributed by atoms with Gasteiger partial charge in [0.2, 0.25) is 0 Å². The van der Waals surface area contributed by atoms with Gasteiger partial charge >= 0.3 is 0 Å². The van der Waals surface area contributed by atoms with Gasteiger partial charge in [0, 0.05) is 5.92 Å². The van der Waals surface area contributed by atoms with Crippen molar-refractivity contribution in [3.63, 3.8) is 0 Å². The molecule has 0 heterocycles. The van der Waals surface area contributed by atoms with E-state index in [0.717, 1.165) is 12.8 Å². The lowest BCUT2D eigenvalue weighted by atomic mass is 9.89. The Labute approximate surface area is 83.4 Å². The fraction of sp³-hybridized carbons (Fsp3) is 0.333. The van der Waals surface area contributed by atoms with Crippen LogP contribution in [0.5, 0.6) is 0 Å². The summed E-state index contributed by atoms with van der Waals surface area (Å²) >= 11 is 0. The third kappa shape index (κ3) is 1.26. The first-order valence-corrected chi connectivity index (χ1v) is 4.74. The van der Waals surface area contributed by atoms with Crippen LogP contribution in [-0.2, 0) is 6.42 Å². The Morgan fingerprint density at radius 3 is 2.64 bits per heavy atom. The van der Waals surface area contributed by atoms with Crippen molar-refractivity contribution in [3.8, 4) is 12.1 Å². The summed E-state index contributed by atoms with van der Waals surface area (Å²) in [4.78, 5) is 0. The Balaban J connectivity index is 2.36. The lowest BCUT2D eigenvalue weighted by molar-refractivity contribution is 0.606. The highest BCUT2D eigenvalue weighted by Crippen LogP contribution is 2.37. The molecule has 0 amide bonds. The molecule has 1 aromatic carbocycles. The number of benzene rings is 1. The summed E-state index contributed by atoms with van der Waals surface area (Å²) in [5, 5.41) is 17.7. The molecule has 0 bridgehead atoms. The number of fused-ring (bicyclic) bond motifs is 1. The molecule has 1 unspecified atom stereocenters. The van der Waals surface area contributed by atoms with Crippen molar-refractivity contribution in [2.24, 2.45) is 5.92 Å². The van der Waals surface area contributed by atoms with Crippen molar-refractivity contribution in [1.82, 2.24) is 0 Å². The maximum Gasteiger partial charge on any atom is 0.140 e. The van der Waals surface area contributed by atoms with Crippen LogP contribution in [0.1, 0.15) is 23.5 Å². The first kappa shape index (κ1) is 8.78.